The molecule has 6 nitrogen and oxygen atoms in total. The number of carbonyl (C=O) groups is 2. The van der Waals surface area contributed by atoms with Crippen molar-refractivity contribution in [3.8, 4) is 0 Å². The summed E-state index contributed by atoms with van der Waals surface area (Å²) in [6.07, 6.45) is 0.711. The molecule has 102 valence electrons. The molecule has 2 rings (SSSR count). The summed E-state index contributed by atoms with van der Waals surface area (Å²) < 4.78 is 0. The van der Waals surface area contributed by atoms with Crippen molar-refractivity contribution >= 4 is 11.9 Å². The summed E-state index contributed by atoms with van der Waals surface area (Å²) in [6.45, 7) is 6.21. The molecular formula is C12H21N3O3. The van der Waals surface area contributed by atoms with Gasteiger partial charge in [0.2, 0.25) is 5.91 Å². The van der Waals surface area contributed by atoms with Crippen LogP contribution in [0.4, 0.5) is 0 Å². The van der Waals surface area contributed by atoms with E-state index in [1.165, 1.54) is 0 Å². The molecule has 1 amide bonds. The lowest BCUT2D eigenvalue weighted by Crippen LogP contribution is -2.57. The van der Waals surface area contributed by atoms with Gasteiger partial charge in [-0.3, -0.25) is 14.5 Å². The molecule has 2 heterocycles. The molecule has 0 radical (unpaired) electrons. The monoisotopic (exact) mass is 255 g/mol. The third-order valence-electron chi connectivity index (χ3n) is 3.95. The Labute approximate surface area is 107 Å². The largest absolute Gasteiger partial charge is 0.481 e. The van der Waals surface area contributed by atoms with Gasteiger partial charge in [-0.15, -0.1) is 0 Å². The van der Waals surface area contributed by atoms with Gasteiger partial charge in [0.15, 0.2) is 0 Å². The lowest BCUT2D eigenvalue weighted by atomic mass is 9.94. The van der Waals surface area contributed by atoms with E-state index in [1.54, 1.807) is 6.92 Å². The first-order valence-corrected chi connectivity index (χ1v) is 6.51. The van der Waals surface area contributed by atoms with Gasteiger partial charge in [-0.1, -0.05) is 0 Å². The number of hydrogen-bond donors (Lipinski definition) is 2. The molecule has 2 aliphatic rings. The lowest BCUT2D eigenvalue weighted by Gasteiger charge is -2.41. The second-order valence-electron chi connectivity index (χ2n) is 5.12. The second-order valence-corrected chi connectivity index (χ2v) is 5.12. The number of hydrogen-bond acceptors (Lipinski definition) is 4. The van der Waals surface area contributed by atoms with Crippen LogP contribution in [-0.4, -0.2) is 72.1 Å². The zero-order valence-corrected chi connectivity index (χ0v) is 10.8. The molecule has 2 atom stereocenters. The number of carbonyl (C=O) groups excluding carboxylic acids is 1. The van der Waals surface area contributed by atoms with Crippen LogP contribution in [0.3, 0.4) is 0 Å². The van der Waals surface area contributed by atoms with Gasteiger partial charge >= 0.3 is 5.97 Å². The van der Waals surface area contributed by atoms with Gasteiger partial charge in [0, 0.05) is 52.2 Å². The predicted molar refractivity (Wildman–Crippen MR) is 66.2 cm³/mol. The Hall–Kier alpha value is -1.14. The maximum atomic E-state index is 11.2. The maximum absolute atomic E-state index is 11.2. The van der Waals surface area contributed by atoms with Gasteiger partial charge in [-0.05, 0) is 6.42 Å². The fourth-order valence-corrected chi connectivity index (χ4v) is 2.79. The van der Waals surface area contributed by atoms with Crippen molar-refractivity contribution in [2.24, 2.45) is 5.92 Å². The fraction of sp³-hybridized carbons (Fsp3) is 0.833. The number of nitrogens with one attached hydrogen (secondary N) is 1. The molecule has 2 fully saturated rings. The minimum atomic E-state index is -0.713. The molecule has 0 saturated carbocycles. The Balaban J connectivity index is 1.85. The zero-order valence-electron chi connectivity index (χ0n) is 10.8. The highest BCUT2D eigenvalue weighted by atomic mass is 16.4. The number of aliphatic carboxylic acids is 1. The summed E-state index contributed by atoms with van der Waals surface area (Å²) in [5.41, 5.74) is 0. The van der Waals surface area contributed by atoms with E-state index in [4.69, 9.17) is 5.11 Å². The van der Waals surface area contributed by atoms with Crippen molar-refractivity contribution in [1.82, 2.24) is 15.1 Å². The summed E-state index contributed by atoms with van der Waals surface area (Å²) in [5, 5.41) is 12.3. The van der Waals surface area contributed by atoms with Crippen molar-refractivity contribution in [2.75, 3.05) is 39.3 Å². The molecule has 0 spiro atoms. The van der Waals surface area contributed by atoms with Gasteiger partial charge in [0.25, 0.3) is 0 Å². The van der Waals surface area contributed by atoms with E-state index in [1.807, 2.05) is 4.90 Å². The standard InChI is InChI=1S/C12H21N3O3/c1-9(16)14-2-4-15(5-3-14)11-6-10(12(17)18)7-13-8-11/h10-11,13H,2-8H2,1H3,(H,17,18)/t10-,11+/m0/s1. The number of piperidine rings is 1. The van der Waals surface area contributed by atoms with E-state index in [0.717, 1.165) is 32.7 Å². The normalized spacial score (nSPS) is 30.2. The molecule has 0 aromatic carbocycles. The molecule has 0 bridgehead atoms. The van der Waals surface area contributed by atoms with Crippen LogP contribution in [0.15, 0.2) is 0 Å². The second kappa shape index (κ2) is 5.67. The van der Waals surface area contributed by atoms with Gasteiger partial charge in [-0.2, -0.15) is 0 Å². The molecule has 6 heteroatoms. The van der Waals surface area contributed by atoms with E-state index in [9.17, 15) is 9.59 Å². The average Bonchev–Trinajstić information content (AvgIpc) is 2.39. The minimum Gasteiger partial charge on any atom is -0.481 e. The van der Waals surface area contributed by atoms with E-state index in [0.29, 0.717) is 13.0 Å². The maximum Gasteiger partial charge on any atom is 0.307 e. The van der Waals surface area contributed by atoms with Gasteiger partial charge in [-0.25, -0.2) is 0 Å². The highest BCUT2D eigenvalue weighted by molar-refractivity contribution is 5.73. The van der Waals surface area contributed by atoms with Crippen molar-refractivity contribution in [3.63, 3.8) is 0 Å². The third kappa shape index (κ3) is 3.00. The molecule has 2 aliphatic heterocycles. The van der Waals surface area contributed by atoms with Crippen molar-refractivity contribution in [2.45, 2.75) is 19.4 Å². The number of carboxylic acids is 1. The average molecular weight is 255 g/mol. The van der Waals surface area contributed by atoms with Crippen molar-refractivity contribution in [3.05, 3.63) is 0 Å². The van der Waals surface area contributed by atoms with Gasteiger partial charge in [0.1, 0.15) is 0 Å². The highest BCUT2D eigenvalue weighted by Crippen LogP contribution is 2.17. The fourth-order valence-electron chi connectivity index (χ4n) is 2.79. The summed E-state index contributed by atoms with van der Waals surface area (Å²) in [7, 11) is 0. The smallest absolute Gasteiger partial charge is 0.307 e. The Morgan fingerprint density at radius 3 is 2.39 bits per heavy atom. The third-order valence-corrected chi connectivity index (χ3v) is 3.95. The van der Waals surface area contributed by atoms with E-state index >= 15 is 0 Å². The van der Waals surface area contributed by atoms with Crippen LogP contribution in [0, 0.1) is 5.92 Å². The van der Waals surface area contributed by atoms with E-state index in [-0.39, 0.29) is 17.9 Å². The molecule has 0 aliphatic carbocycles. The Morgan fingerprint density at radius 2 is 1.83 bits per heavy atom. The molecule has 18 heavy (non-hydrogen) atoms. The first kappa shape index (κ1) is 13.3. The van der Waals surface area contributed by atoms with Crippen molar-refractivity contribution < 1.29 is 14.7 Å². The number of carboxylic acid groups (broad SMARTS) is 1. The quantitative estimate of drug-likeness (QED) is 0.677. The van der Waals surface area contributed by atoms with Crippen LogP contribution in [0.25, 0.3) is 0 Å². The summed E-state index contributed by atoms with van der Waals surface area (Å²) in [6, 6.07) is 0.286. The first-order chi connectivity index (χ1) is 8.58. The van der Waals surface area contributed by atoms with E-state index in [2.05, 4.69) is 10.2 Å². The topological polar surface area (TPSA) is 72.9 Å². The van der Waals surface area contributed by atoms with Crippen LogP contribution in [-0.2, 0) is 9.59 Å². The number of piperazine rings is 1. The van der Waals surface area contributed by atoms with Crippen LogP contribution in [0.5, 0.6) is 0 Å². The van der Waals surface area contributed by atoms with Gasteiger partial charge in [0.05, 0.1) is 5.92 Å². The molecular weight excluding hydrogens is 234 g/mol. The molecule has 2 saturated heterocycles. The number of nitrogens with zero attached hydrogens (tertiary/aromatic N) is 2. The lowest BCUT2D eigenvalue weighted by molar-refractivity contribution is -0.143. The zero-order chi connectivity index (χ0) is 13.1. The highest BCUT2D eigenvalue weighted by Gasteiger charge is 2.32. The van der Waals surface area contributed by atoms with Crippen LogP contribution < -0.4 is 5.32 Å². The van der Waals surface area contributed by atoms with Crippen LogP contribution in [0.2, 0.25) is 0 Å². The minimum absolute atomic E-state index is 0.125. The van der Waals surface area contributed by atoms with Crippen LogP contribution in [0.1, 0.15) is 13.3 Å². The van der Waals surface area contributed by atoms with Gasteiger partial charge < -0.3 is 15.3 Å². The first-order valence-electron chi connectivity index (χ1n) is 6.51. The molecule has 0 aromatic heterocycles. The summed E-state index contributed by atoms with van der Waals surface area (Å²) in [4.78, 5) is 26.4. The number of amides is 1. The Kier molecular flexibility index (Phi) is 4.19. The predicted octanol–water partition coefficient (Wildman–Crippen LogP) is -0.787. The van der Waals surface area contributed by atoms with Crippen molar-refractivity contribution in [1.29, 1.82) is 0 Å². The molecule has 0 aromatic rings. The number of rotatable bonds is 2. The summed E-state index contributed by atoms with van der Waals surface area (Å²) in [5.74, 6) is -0.871. The SMILES string of the molecule is CC(=O)N1CCN([C@H]2CNC[C@@H](C(=O)O)C2)CC1. The molecule has 0 unspecified atom stereocenters. The Bertz CT molecular complexity index is 327. The van der Waals surface area contributed by atoms with E-state index < -0.39 is 5.97 Å². The Morgan fingerprint density at radius 1 is 1.17 bits per heavy atom. The van der Waals surface area contributed by atoms with Crippen LogP contribution >= 0.6 is 0 Å². The summed E-state index contributed by atoms with van der Waals surface area (Å²) >= 11 is 0. The molecule has 2 N–H and O–H groups in total.